The highest BCUT2D eigenvalue weighted by Crippen LogP contribution is 2.10. The molecule has 21 heavy (non-hydrogen) atoms. The number of thiophene rings is 1. The molecule has 0 fully saturated rings. The average molecular weight is 303 g/mol. The molecule has 2 aromatic rings. The van der Waals surface area contributed by atoms with Crippen LogP contribution in [0.3, 0.4) is 0 Å². The van der Waals surface area contributed by atoms with E-state index in [-0.39, 0.29) is 12.3 Å². The van der Waals surface area contributed by atoms with E-state index in [2.05, 4.69) is 5.32 Å². The van der Waals surface area contributed by atoms with Crippen molar-refractivity contribution in [2.75, 3.05) is 0 Å². The summed E-state index contributed by atoms with van der Waals surface area (Å²) >= 11 is 1.44. The Hall–Kier alpha value is -2.60. The summed E-state index contributed by atoms with van der Waals surface area (Å²) < 4.78 is 4.98. The number of hydrogen-bond donors (Lipinski definition) is 2. The molecule has 2 rings (SSSR count). The Balaban J connectivity index is 1.94. The van der Waals surface area contributed by atoms with E-state index in [1.807, 2.05) is 35.7 Å². The van der Waals surface area contributed by atoms with Crippen LogP contribution in [-0.4, -0.2) is 17.2 Å². The Bertz CT molecular complexity index is 635. The van der Waals surface area contributed by atoms with E-state index in [1.165, 1.54) is 17.4 Å². The maximum absolute atomic E-state index is 11.6. The van der Waals surface area contributed by atoms with Gasteiger partial charge in [-0.25, -0.2) is 9.59 Å². The normalized spacial score (nSPS) is 11.0. The SMILES string of the molecule is O=C(N/C(=C\c1ccsc1)C(=O)O)OCc1ccccc1. The first-order valence-corrected chi connectivity index (χ1v) is 7.04. The minimum atomic E-state index is -1.22. The second-order valence-electron chi connectivity index (χ2n) is 4.11. The first-order chi connectivity index (χ1) is 10.1. The van der Waals surface area contributed by atoms with E-state index in [0.29, 0.717) is 5.56 Å². The van der Waals surface area contributed by atoms with Crippen LogP contribution in [0.4, 0.5) is 4.79 Å². The zero-order valence-electron chi connectivity index (χ0n) is 11.0. The van der Waals surface area contributed by atoms with Crippen LogP contribution in [0.2, 0.25) is 0 Å². The van der Waals surface area contributed by atoms with Crippen molar-refractivity contribution >= 4 is 29.5 Å². The molecule has 0 aliphatic heterocycles. The van der Waals surface area contributed by atoms with Gasteiger partial charge in [-0.05, 0) is 34.0 Å². The molecule has 1 aromatic carbocycles. The second-order valence-corrected chi connectivity index (χ2v) is 4.89. The molecule has 0 unspecified atom stereocenters. The summed E-state index contributed by atoms with van der Waals surface area (Å²) in [6.07, 6.45) is 0.575. The Morgan fingerprint density at radius 3 is 2.62 bits per heavy atom. The van der Waals surface area contributed by atoms with E-state index < -0.39 is 12.1 Å². The number of benzene rings is 1. The van der Waals surface area contributed by atoms with Crippen LogP contribution in [0.5, 0.6) is 0 Å². The molecule has 2 N–H and O–H groups in total. The number of hydrogen-bond acceptors (Lipinski definition) is 4. The van der Waals surface area contributed by atoms with Gasteiger partial charge in [0.25, 0.3) is 0 Å². The molecule has 1 heterocycles. The van der Waals surface area contributed by atoms with Crippen molar-refractivity contribution in [1.29, 1.82) is 0 Å². The highest BCUT2D eigenvalue weighted by molar-refractivity contribution is 7.08. The van der Waals surface area contributed by atoms with Crippen molar-refractivity contribution in [3.63, 3.8) is 0 Å². The van der Waals surface area contributed by atoms with E-state index in [9.17, 15) is 9.59 Å². The van der Waals surface area contributed by atoms with Gasteiger partial charge < -0.3 is 9.84 Å². The Labute approximate surface area is 125 Å². The third kappa shape index (κ3) is 4.77. The van der Waals surface area contributed by atoms with Crippen molar-refractivity contribution in [3.05, 3.63) is 64.0 Å². The maximum atomic E-state index is 11.6. The molecule has 0 atom stereocenters. The quantitative estimate of drug-likeness (QED) is 0.832. The molecule has 0 radical (unpaired) electrons. The lowest BCUT2D eigenvalue weighted by Gasteiger charge is -2.07. The Morgan fingerprint density at radius 2 is 2.00 bits per heavy atom. The van der Waals surface area contributed by atoms with Gasteiger partial charge in [0.05, 0.1) is 0 Å². The molecular weight excluding hydrogens is 290 g/mol. The molecule has 5 nitrogen and oxygen atoms in total. The number of carbonyl (C=O) groups excluding carboxylic acids is 1. The summed E-state index contributed by atoms with van der Waals surface area (Å²) in [7, 11) is 0. The van der Waals surface area contributed by atoms with Gasteiger partial charge >= 0.3 is 12.1 Å². The number of aliphatic carboxylic acids is 1. The van der Waals surface area contributed by atoms with Gasteiger partial charge in [0.15, 0.2) is 0 Å². The number of amides is 1. The van der Waals surface area contributed by atoms with Gasteiger partial charge in [-0.3, -0.25) is 5.32 Å². The zero-order valence-corrected chi connectivity index (χ0v) is 11.8. The van der Waals surface area contributed by atoms with Crippen molar-refractivity contribution in [1.82, 2.24) is 5.32 Å². The van der Waals surface area contributed by atoms with E-state index in [0.717, 1.165) is 5.56 Å². The van der Waals surface area contributed by atoms with Crippen molar-refractivity contribution in [2.45, 2.75) is 6.61 Å². The molecule has 108 valence electrons. The monoisotopic (exact) mass is 303 g/mol. The smallest absolute Gasteiger partial charge is 0.412 e. The highest BCUT2D eigenvalue weighted by atomic mass is 32.1. The van der Waals surface area contributed by atoms with Gasteiger partial charge in [-0.2, -0.15) is 11.3 Å². The van der Waals surface area contributed by atoms with Crippen molar-refractivity contribution in [3.8, 4) is 0 Å². The number of carbonyl (C=O) groups is 2. The fourth-order valence-electron chi connectivity index (χ4n) is 1.54. The van der Waals surface area contributed by atoms with Crippen LogP contribution < -0.4 is 5.32 Å². The molecule has 0 saturated heterocycles. The maximum Gasteiger partial charge on any atom is 0.412 e. The molecule has 6 heteroatoms. The van der Waals surface area contributed by atoms with E-state index >= 15 is 0 Å². The first kappa shape index (κ1) is 14.8. The number of carboxylic acids is 1. The molecule has 0 bridgehead atoms. The largest absolute Gasteiger partial charge is 0.477 e. The van der Waals surface area contributed by atoms with Crippen LogP contribution in [0.1, 0.15) is 11.1 Å². The van der Waals surface area contributed by atoms with E-state index in [1.54, 1.807) is 11.4 Å². The summed E-state index contributed by atoms with van der Waals surface area (Å²) in [4.78, 5) is 22.7. The van der Waals surface area contributed by atoms with Crippen molar-refractivity contribution in [2.24, 2.45) is 0 Å². The molecule has 1 aromatic heterocycles. The lowest BCUT2D eigenvalue weighted by molar-refractivity contribution is -0.132. The lowest BCUT2D eigenvalue weighted by Crippen LogP contribution is -2.27. The van der Waals surface area contributed by atoms with Crippen LogP contribution in [0.15, 0.2) is 52.9 Å². The zero-order chi connectivity index (χ0) is 15.1. The molecule has 1 amide bonds. The fourth-order valence-corrected chi connectivity index (χ4v) is 2.16. The van der Waals surface area contributed by atoms with Gasteiger partial charge in [-0.15, -0.1) is 0 Å². The summed E-state index contributed by atoms with van der Waals surface area (Å²) in [6.45, 7) is 0.0814. The number of alkyl carbamates (subject to hydrolysis) is 1. The van der Waals surface area contributed by atoms with Crippen molar-refractivity contribution < 1.29 is 19.4 Å². The third-order valence-corrected chi connectivity index (χ3v) is 3.24. The number of nitrogens with one attached hydrogen (secondary N) is 1. The van der Waals surface area contributed by atoms with Gasteiger partial charge in [-0.1, -0.05) is 30.3 Å². The average Bonchev–Trinajstić information content (AvgIpc) is 2.98. The summed E-state index contributed by atoms with van der Waals surface area (Å²) in [5, 5.41) is 14.9. The topological polar surface area (TPSA) is 75.6 Å². The summed E-state index contributed by atoms with van der Waals surface area (Å²) in [5.41, 5.74) is 1.30. The molecule has 0 saturated carbocycles. The number of carboxylic acid groups (broad SMARTS) is 1. The predicted octanol–water partition coefficient (Wildman–Crippen LogP) is 3.10. The summed E-state index contributed by atoms with van der Waals surface area (Å²) in [6, 6.07) is 10.9. The standard InChI is InChI=1S/C15H13NO4S/c17-14(18)13(8-12-6-7-21-10-12)16-15(19)20-9-11-4-2-1-3-5-11/h1-8,10H,9H2,(H,16,19)(H,17,18)/b13-8-. The van der Waals surface area contributed by atoms with Crippen LogP contribution in [-0.2, 0) is 16.1 Å². The molecule has 0 spiro atoms. The van der Waals surface area contributed by atoms with E-state index in [4.69, 9.17) is 9.84 Å². The second kappa shape index (κ2) is 7.25. The lowest BCUT2D eigenvalue weighted by atomic mass is 10.2. The molecule has 0 aliphatic carbocycles. The predicted molar refractivity (Wildman–Crippen MR) is 79.7 cm³/mol. The van der Waals surface area contributed by atoms with Gasteiger partial charge in [0.1, 0.15) is 12.3 Å². The Kier molecular flexibility index (Phi) is 5.11. The number of rotatable bonds is 5. The first-order valence-electron chi connectivity index (χ1n) is 6.10. The molecular formula is C15H13NO4S. The highest BCUT2D eigenvalue weighted by Gasteiger charge is 2.12. The third-order valence-electron chi connectivity index (χ3n) is 2.53. The van der Waals surface area contributed by atoms with Crippen LogP contribution in [0, 0.1) is 0 Å². The minimum Gasteiger partial charge on any atom is -0.477 e. The molecule has 0 aliphatic rings. The summed E-state index contributed by atoms with van der Waals surface area (Å²) in [5.74, 6) is -1.22. The number of ether oxygens (including phenoxy) is 1. The van der Waals surface area contributed by atoms with Crippen LogP contribution in [0.25, 0.3) is 6.08 Å². The van der Waals surface area contributed by atoms with Crippen LogP contribution >= 0.6 is 11.3 Å². The Morgan fingerprint density at radius 1 is 1.24 bits per heavy atom. The van der Waals surface area contributed by atoms with Gasteiger partial charge in [0, 0.05) is 0 Å². The minimum absolute atomic E-state index is 0.0814. The fraction of sp³-hybridized carbons (Fsp3) is 0.0667. The van der Waals surface area contributed by atoms with Gasteiger partial charge in [0.2, 0.25) is 0 Å².